The largest absolute Gasteiger partial charge is 0.337 e. The van der Waals surface area contributed by atoms with Crippen molar-refractivity contribution in [2.75, 3.05) is 0 Å². The van der Waals surface area contributed by atoms with Crippen molar-refractivity contribution in [2.24, 2.45) is 5.73 Å². The lowest BCUT2D eigenvalue weighted by Gasteiger charge is -1.95. The molecule has 3 aromatic rings. The lowest BCUT2D eigenvalue weighted by Crippen LogP contribution is -1.96. The van der Waals surface area contributed by atoms with Crippen LogP contribution in [0.15, 0.2) is 24.4 Å². The van der Waals surface area contributed by atoms with Crippen LogP contribution in [-0.4, -0.2) is 25.4 Å². The molecule has 0 aliphatic rings. The van der Waals surface area contributed by atoms with Gasteiger partial charge in [-0.05, 0) is 11.6 Å². The van der Waals surface area contributed by atoms with Crippen LogP contribution in [0.3, 0.4) is 0 Å². The van der Waals surface area contributed by atoms with Crippen molar-refractivity contribution >= 4 is 11.0 Å². The van der Waals surface area contributed by atoms with Crippen LogP contribution in [-0.2, 0) is 6.54 Å². The van der Waals surface area contributed by atoms with Crippen LogP contribution < -0.4 is 5.73 Å². The molecule has 2 aromatic heterocycles. The van der Waals surface area contributed by atoms with Crippen LogP contribution in [0, 0.1) is 0 Å². The van der Waals surface area contributed by atoms with E-state index in [9.17, 15) is 0 Å². The normalized spacial score (nSPS) is 11.1. The summed E-state index contributed by atoms with van der Waals surface area (Å²) in [5, 5.41) is 10.3. The van der Waals surface area contributed by atoms with Gasteiger partial charge in [-0.3, -0.25) is 0 Å². The van der Waals surface area contributed by atoms with Crippen molar-refractivity contribution in [3.8, 4) is 11.5 Å². The number of aromatic nitrogens is 5. The number of nitrogens with two attached hydrogens (primary N) is 1. The average molecular weight is 214 g/mol. The number of hydrogen-bond acceptors (Lipinski definition) is 4. The fourth-order valence-electron chi connectivity index (χ4n) is 1.69. The molecule has 0 aliphatic carbocycles. The fourth-order valence-corrected chi connectivity index (χ4v) is 1.69. The summed E-state index contributed by atoms with van der Waals surface area (Å²) >= 11 is 0. The van der Waals surface area contributed by atoms with E-state index in [1.165, 1.54) is 0 Å². The first kappa shape index (κ1) is 9.05. The highest BCUT2D eigenvalue weighted by Gasteiger charge is 2.09. The van der Waals surface area contributed by atoms with Crippen molar-refractivity contribution in [3.05, 3.63) is 30.0 Å². The van der Waals surface area contributed by atoms with E-state index >= 15 is 0 Å². The number of hydrogen-bond donors (Lipinski definition) is 3. The van der Waals surface area contributed by atoms with Crippen LogP contribution in [0.4, 0.5) is 0 Å². The molecule has 1 aromatic carbocycles. The van der Waals surface area contributed by atoms with Crippen molar-refractivity contribution in [2.45, 2.75) is 6.54 Å². The lowest BCUT2D eigenvalue weighted by molar-refractivity contribution is 0.940. The smallest absolute Gasteiger partial charge is 0.160 e. The van der Waals surface area contributed by atoms with Crippen LogP contribution in [0.5, 0.6) is 0 Å². The minimum Gasteiger partial charge on any atom is -0.337 e. The quantitative estimate of drug-likeness (QED) is 0.588. The molecule has 0 aliphatic heterocycles. The van der Waals surface area contributed by atoms with E-state index in [1.54, 1.807) is 6.20 Å². The zero-order valence-electron chi connectivity index (χ0n) is 8.44. The zero-order chi connectivity index (χ0) is 11.0. The van der Waals surface area contributed by atoms with Gasteiger partial charge in [-0.15, -0.1) is 0 Å². The summed E-state index contributed by atoms with van der Waals surface area (Å²) in [5.41, 5.74) is 9.22. The highest BCUT2D eigenvalue weighted by molar-refractivity contribution is 5.81. The Morgan fingerprint density at radius 3 is 3.00 bits per heavy atom. The summed E-state index contributed by atoms with van der Waals surface area (Å²) in [6.07, 6.45) is 1.62. The maximum Gasteiger partial charge on any atom is 0.160 e. The van der Waals surface area contributed by atoms with Crippen LogP contribution >= 0.6 is 0 Å². The van der Waals surface area contributed by atoms with Crippen LogP contribution in [0.2, 0.25) is 0 Å². The molecular weight excluding hydrogens is 204 g/mol. The molecule has 4 N–H and O–H groups in total. The predicted octanol–water partition coefficient (Wildman–Crippen LogP) is 0.807. The molecule has 0 unspecified atom stereocenters. The Balaban J connectivity index is 2.23. The van der Waals surface area contributed by atoms with Gasteiger partial charge < -0.3 is 10.7 Å². The maximum atomic E-state index is 5.66. The molecule has 0 saturated carbocycles. The van der Waals surface area contributed by atoms with Gasteiger partial charge in [0.05, 0.1) is 17.2 Å². The third-order valence-corrected chi connectivity index (χ3v) is 2.47. The van der Waals surface area contributed by atoms with E-state index in [0.717, 1.165) is 16.6 Å². The number of fused-ring (bicyclic) bond motifs is 1. The standard InChI is InChI=1S/C10H10N6/c11-4-6-2-1-3-7-9(6)14-10(13-7)8-5-12-16-15-8/h1-3,5H,4,11H2,(H,13,14)(H,12,15,16). The van der Waals surface area contributed by atoms with Gasteiger partial charge in [0.2, 0.25) is 0 Å². The van der Waals surface area contributed by atoms with E-state index in [-0.39, 0.29) is 0 Å². The number of para-hydroxylation sites is 1. The first-order valence-corrected chi connectivity index (χ1v) is 4.92. The summed E-state index contributed by atoms with van der Waals surface area (Å²) in [6.45, 7) is 0.473. The molecule has 0 saturated heterocycles. The van der Waals surface area contributed by atoms with E-state index < -0.39 is 0 Å². The van der Waals surface area contributed by atoms with Crippen molar-refractivity contribution in [1.82, 2.24) is 25.4 Å². The van der Waals surface area contributed by atoms with Crippen molar-refractivity contribution in [1.29, 1.82) is 0 Å². The molecule has 6 nitrogen and oxygen atoms in total. The molecule has 0 fully saturated rings. The molecule has 0 spiro atoms. The Bertz CT molecular complexity index is 609. The molecule has 2 heterocycles. The monoisotopic (exact) mass is 214 g/mol. The Kier molecular flexibility index (Phi) is 1.94. The summed E-state index contributed by atoms with van der Waals surface area (Å²) in [6, 6.07) is 5.89. The molecule has 0 radical (unpaired) electrons. The van der Waals surface area contributed by atoms with E-state index in [2.05, 4.69) is 25.4 Å². The van der Waals surface area contributed by atoms with Gasteiger partial charge in [0.25, 0.3) is 0 Å². The number of imidazole rings is 1. The van der Waals surface area contributed by atoms with E-state index in [4.69, 9.17) is 5.73 Å². The highest BCUT2D eigenvalue weighted by atomic mass is 15.3. The molecule has 80 valence electrons. The Morgan fingerprint density at radius 2 is 2.25 bits per heavy atom. The highest BCUT2D eigenvalue weighted by Crippen LogP contribution is 2.20. The fraction of sp³-hybridized carbons (Fsp3) is 0.100. The van der Waals surface area contributed by atoms with Gasteiger partial charge in [0.15, 0.2) is 5.82 Å². The minimum atomic E-state index is 0.473. The molecule has 0 atom stereocenters. The Labute approximate surface area is 90.9 Å². The van der Waals surface area contributed by atoms with Crippen molar-refractivity contribution in [3.63, 3.8) is 0 Å². The SMILES string of the molecule is NCc1cccc2[nH]c(-c3cn[nH]n3)nc12. The summed E-state index contributed by atoms with van der Waals surface area (Å²) in [7, 11) is 0. The third-order valence-electron chi connectivity index (χ3n) is 2.47. The Hall–Kier alpha value is -2.21. The molecule has 0 bridgehead atoms. The number of nitrogens with one attached hydrogen (secondary N) is 2. The molecule has 0 amide bonds. The second-order valence-electron chi connectivity index (χ2n) is 3.46. The van der Waals surface area contributed by atoms with Crippen molar-refractivity contribution < 1.29 is 0 Å². The Morgan fingerprint density at radius 1 is 1.31 bits per heavy atom. The summed E-state index contributed by atoms with van der Waals surface area (Å²) in [4.78, 5) is 7.65. The van der Waals surface area contributed by atoms with E-state index in [1.807, 2.05) is 18.2 Å². The van der Waals surface area contributed by atoms with Gasteiger partial charge in [0, 0.05) is 6.54 Å². The van der Waals surface area contributed by atoms with Crippen LogP contribution in [0.1, 0.15) is 5.56 Å². The molecule has 3 rings (SSSR count). The zero-order valence-corrected chi connectivity index (χ0v) is 8.44. The second-order valence-corrected chi connectivity index (χ2v) is 3.46. The first-order valence-electron chi connectivity index (χ1n) is 4.92. The van der Waals surface area contributed by atoms with Gasteiger partial charge in [-0.1, -0.05) is 12.1 Å². The third kappa shape index (κ3) is 1.28. The lowest BCUT2D eigenvalue weighted by atomic mass is 10.2. The number of rotatable bonds is 2. The number of H-pyrrole nitrogens is 2. The predicted molar refractivity (Wildman–Crippen MR) is 59.4 cm³/mol. The average Bonchev–Trinajstić information content (AvgIpc) is 2.96. The van der Waals surface area contributed by atoms with Gasteiger partial charge >= 0.3 is 0 Å². The number of aromatic amines is 2. The van der Waals surface area contributed by atoms with Gasteiger partial charge in [-0.25, -0.2) is 4.98 Å². The van der Waals surface area contributed by atoms with Gasteiger partial charge in [-0.2, -0.15) is 15.4 Å². The summed E-state index contributed by atoms with van der Waals surface area (Å²) in [5.74, 6) is 0.699. The van der Waals surface area contributed by atoms with Crippen LogP contribution in [0.25, 0.3) is 22.6 Å². The first-order chi connectivity index (χ1) is 7.88. The topological polar surface area (TPSA) is 96.3 Å². The summed E-state index contributed by atoms with van der Waals surface area (Å²) < 4.78 is 0. The number of nitrogens with zero attached hydrogens (tertiary/aromatic N) is 3. The molecular formula is C10H10N6. The molecule has 6 heteroatoms. The molecule has 16 heavy (non-hydrogen) atoms. The second kappa shape index (κ2) is 3.42. The minimum absolute atomic E-state index is 0.473. The van der Waals surface area contributed by atoms with E-state index in [0.29, 0.717) is 18.1 Å². The number of benzene rings is 1. The van der Waals surface area contributed by atoms with Gasteiger partial charge in [0.1, 0.15) is 5.69 Å². The maximum absolute atomic E-state index is 5.66.